The molecule has 6 nitrogen and oxygen atoms in total. The number of nitrogens with two attached hydrogens (primary N) is 1. The largest absolute Gasteiger partial charge is 0.486 e. The fourth-order valence-electron chi connectivity index (χ4n) is 3.39. The summed E-state index contributed by atoms with van der Waals surface area (Å²) in [6.07, 6.45) is 3.93. The Labute approximate surface area is 194 Å². The molecule has 0 atom stereocenters. The van der Waals surface area contributed by atoms with Gasteiger partial charge in [0.2, 0.25) is 0 Å². The van der Waals surface area contributed by atoms with Crippen LogP contribution < -0.4 is 15.4 Å². The first-order chi connectivity index (χ1) is 15.4. The van der Waals surface area contributed by atoms with Crippen LogP contribution in [-0.4, -0.2) is 23.8 Å². The molecule has 1 aliphatic heterocycles. The summed E-state index contributed by atoms with van der Waals surface area (Å²) < 4.78 is 20.1. The minimum atomic E-state index is -0.675. The number of anilines is 2. The third-order valence-electron chi connectivity index (χ3n) is 5.30. The Morgan fingerprint density at radius 1 is 1.22 bits per heavy atom. The Kier molecular flexibility index (Phi) is 6.17. The number of halogens is 3. The van der Waals surface area contributed by atoms with Gasteiger partial charge in [-0.1, -0.05) is 29.3 Å². The van der Waals surface area contributed by atoms with Crippen molar-refractivity contribution in [2.45, 2.75) is 13.0 Å². The Bertz CT molecular complexity index is 1230. The number of nitrogen functional groups attached to an aromatic ring is 1. The SMILES string of the molecule is N#Cc1cc(C(=N)c2cc(OCc3c(Cl)cncc3Cl)c(F)cc2N)ccc1N1CCC1. The van der Waals surface area contributed by atoms with Gasteiger partial charge in [-0.15, -0.1) is 0 Å². The lowest BCUT2D eigenvalue weighted by atomic mass is 9.97. The Morgan fingerprint density at radius 3 is 2.56 bits per heavy atom. The van der Waals surface area contributed by atoms with Crippen LogP contribution in [0.15, 0.2) is 42.7 Å². The molecule has 0 amide bonds. The Balaban J connectivity index is 1.62. The number of nitrogens with one attached hydrogen (secondary N) is 1. The van der Waals surface area contributed by atoms with Crippen LogP contribution in [0.3, 0.4) is 0 Å². The summed E-state index contributed by atoms with van der Waals surface area (Å²) in [5, 5.41) is 18.8. The van der Waals surface area contributed by atoms with Crippen LogP contribution in [0, 0.1) is 22.6 Å². The third-order valence-corrected chi connectivity index (χ3v) is 5.95. The number of aromatic nitrogens is 1. The van der Waals surface area contributed by atoms with E-state index >= 15 is 0 Å². The molecule has 9 heteroatoms. The first-order valence-corrected chi connectivity index (χ1v) is 10.5. The molecule has 3 N–H and O–H groups in total. The second kappa shape index (κ2) is 9.03. The predicted molar refractivity (Wildman–Crippen MR) is 123 cm³/mol. The highest BCUT2D eigenvalue weighted by molar-refractivity contribution is 6.35. The summed E-state index contributed by atoms with van der Waals surface area (Å²) in [5.41, 5.74) is 8.72. The molecule has 0 aliphatic carbocycles. The molecule has 4 rings (SSSR count). The topological polar surface area (TPSA) is 99.0 Å². The number of nitrogens with zero attached hydrogens (tertiary/aromatic N) is 3. The molecule has 0 spiro atoms. The quantitative estimate of drug-likeness (QED) is 0.382. The maximum Gasteiger partial charge on any atom is 0.167 e. The second-order valence-corrected chi connectivity index (χ2v) is 8.11. The van der Waals surface area contributed by atoms with Crippen LogP contribution in [0.25, 0.3) is 0 Å². The number of nitriles is 1. The molecule has 1 saturated heterocycles. The summed E-state index contributed by atoms with van der Waals surface area (Å²) in [5.74, 6) is -0.771. The molecule has 1 aromatic heterocycles. The zero-order chi connectivity index (χ0) is 22.8. The highest BCUT2D eigenvalue weighted by Crippen LogP contribution is 2.31. The smallest absolute Gasteiger partial charge is 0.167 e. The van der Waals surface area contributed by atoms with E-state index in [2.05, 4.69) is 16.0 Å². The molecule has 0 bridgehead atoms. The van der Waals surface area contributed by atoms with Gasteiger partial charge in [-0.25, -0.2) is 4.39 Å². The van der Waals surface area contributed by atoms with Gasteiger partial charge in [0.15, 0.2) is 11.6 Å². The number of hydrogen-bond donors (Lipinski definition) is 2. The average Bonchev–Trinajstić information content (AvgIpc) is 2.73. The zero-order valence-corrected chi connectivity index (χ0v) is 18.3. The van der Waals surface area contributed by atoms with Crippen molar-refractivity contribution in [3.8, 4) is 11.8 Å². The van der Waals surface area contributed by atoms with Crippen LogP contribution >= 0.6 is 23.2 Å². The summed E-state index contributed by atoms with van der Waals surface area (Å²) in [4.78, 5) is 5.99. The van der Waals surface area contributed by atoms with Crippen molar-refractivity contribution < 1.29 is 9.13 Å². The highest BCUT2D eigenvalue weighted by atomic mass is 35.5. The summed E-state index contributed by atoms with van der Waals surface area (Å²) in [6, 6.07) is 9.90. The normalized spacial score (nSPS) is 12.8. The van der Waals surface area contributed by atoms with Gasteiger partial charge >= 0.3 is 0 Å². The van der Waals surface area contributed by atoms with E-state index in [0.717, 1.165) is 31.3 Å². The van der Waals surface area contributed by atoms with Gasteiger partial charge in [0, 0.05) is 53.9 Å². The van der Waals surface area contributed by atoms with Crippen LogP contribution in [0.2, 0.25) is 10.0 Å². The maximum atomic E-state index is 14.5. The number of pyridine rings is 1. The maximum absolute atomic E-state index is 14.5. The number of rotatable bonds is 6. The van der Waals surface area contributed by atoms with Crippen molar-refractivity contribution in [2.24, 2.45) is 0 Å². The summed E-state index contributed by atoms with van der Waals surface area (Å²) in [6.45, 7) is 1.72. The van der Waals surface area contributed by atoms with Crippen molar-refractivity contribution >= 4 is 40.3 Å². The van der Waals surface area contributed by atoms with Gasteiger partial charge in [-0.05, 0) is 24.6 Å². The van der Waals surface area contributed by atoms with E-state index in [4.69, 9.17) is 39.1 Å². The summed E-state index contributed by atoms with van der Waals surface area (Å²) >= 11 is 12.2. The molecule has 0 radical (unpaired) electrons. The van der Waals surface area contributed by atoms with Crippen molar-refractivity contribution in [3.05, 3.63) is 80.8 Å². The first kappa shape index (κ1) is 21.9. The first-order valence-electron chi connectivity index (χ1n) is 9.77. The second-order valence-electron chi connectivity index (χ2n) is 7.30. The fraction of sp³-hybridized carbons (Fsp3) is 0.174. The molecule has 2 heterocycles. The van der Waals surface area contributed by atoms with E-state index < -0.39 is 5.82 Å². The van der Waals surface area contributed by atoms with Crippen molar-refractivity contribution in [3.63, 3.8) is 0 Å². The minimum absolute atomic E-state index is 0.0546. The van der Waals surface area contributed by atoms with Gasteiger partial charge in [0.05, 0.1) is 27.0 Å². The molecule has 162 valence electrons. The summed E-state index contributed by atoms with van der Waals surface area (Å²) in [7, 11) is 0. The van der Waals surface area contributed by atoms with E-state index in [1.54, 1.807) is 12.1 Å². The monoisotopic (exact) mass is 469 g/mol. The molecule has 32 heavy (non-hydrogen) atoms. The zero-order valence-electron chi connectivity index (χ0n) is 16.8. The average molecular weight is 470 g/mol. The lowest BCUT2D eigenvalue weighted by molar-refractivity contribution is 0.290. The molecule has 0 unspecified atom stereocenters. The number of ether oxygens (including phenoxy) is 1. The van der Waals surface area contributed by atoms with E-state index in [1.807, 2.05) is 6.07 Å². The molecule has 1 aliphatic rings. The number of hydrogen-bond acceptors (Lipinski definition) is 6. The van der Waals surface area contributed by atoms with E-state index in [1.165, 1.54) is 18.5 Å². The fourth-order valence-corrected chi connectivity index (χ4v) is 3.87. The Hall–Kier alpha value is -3.34. The molecule has 0 saturated carbocycles. The Morgan fingerprint density at radius 2 is 1.94 bits per heavy atom. The van der Waals surface area contributed by atoms with Gasteiger partial charge in [0.25, 0.3) is 0 Å². The van der Waals surface area contributed by atoms with Crippen LogP contribution in [0.4, 0.5) is 15.8 Å². The van der Waals surface area contributed by atoms with Gasteiger partial charge in [-0.2, -0.15) is 5.26 Å². The molecule has 1 fully saturated rings. The predicted octanol–water partition coefficient (Wildman–Crippen LogP) is 5.19. The van der Waals surface area contributed by atoms with Gasteiger partial charge in [0.1, 0.15) is 12.7 Å². The lowest BCUT2D eigenvalue weighted by Gasteiger charge is -2.33. The van der Waals surface area contributed by atoms with E-state index in [-0.39, 0.29) is 29.3 Å². The van der Waals surface area contributed by atoms with Crippen molar-refractivity contribution in [2.75, 3.05) is 23.7 Å². The standard InChI is InChI=1S/C23H18Cl2FN5O/c24-17-10-30-11-18(25)16(17)12-32-22-7-15(20(28)8-19(22)26)23(29)13-2-3-21(14(6-13)9-27)31-4-1-5-31/h2-3,6-8,10-11,29H,1,4-5,12,28H2. The number of benzene rings is 2. The van der Waals surface area contributed by atoms with E-state index in [9.17, 15) is 9.65 Å². The molecular weight excluding hydrogens is 452 g/mol. The lowest BCUT2D eigenvalue weighted by Crippen LogP contribution is -2.37. The van der Waals surface area contributed by atoms with Crippen molar-refractivity contribution in [1.82, 2.24) is 4.98 Å². The molecule has 2 aromatic carbocycles. The van der Waals surface area contributed by atoms with Crippen LogP contribution in [-0.2, 0) is 6.61 Å². The minimum Gasteiger partial charge on any atom is -0.486 e. The highest BCUT2D eigenvalue weighted by Gasteiger charge is 2.20. The van der Waals surface area contributed by atoms with Crippen LogP contribution in [0.1, 0.15) is 28.7 Å². The van der Waals surface area contributed by atoms with E-state index in [0.29, 0.717) is 26.7 Å². The molecular formula is C23H18Cl2FN5O. The molecule has 3 aromatic rings. The van der Waals surface area contributed by atoms with Crippen molar-refractivity contribution in [1.29, 1.82) is 10.7 Å². The van der Waals surface area contributed by atoms with Crippen LogP contribution in [0.5, 0.6) is 5.75 Å². The third kappa shape index (κ3) is 4.20. The van der Waals surface area contributed by atoms with Gasteiger partial charge in [-0.3, -0.25) is 10.4 Å². The van der Waals surface area contributed by atoms with Gasteiger partial charge < -0.3 is 15.4 Å².